The number of benzene rings is 1. The Kier molecular flexibility index (Phi) is 6.77. The van der Waals surface area contributed by atoms with E-state index in [1.807, 2.05) is 34.9 Å². The van der Waals surface area contributed by atoms with Crippen LogP contribution in [0.15, 0.2) is 35.2 Å². The minimum absolute atomic E-state index is 0.0693. The molecule has 5 heteroatoms. The summed E-state index contributed by atoms with van der Waals surface area (Å²) in [6.45, 7) is 1.62. The van der Waals surface area contributed by atoms with Crippen molar-refractivity contribution in [3.8, 4) is 0 Å². The summed E-state index contributed by atoms with van der Waals surface area (Å²) >= 11 is 1.85. The van der Waals surface area contributed by atoms with Crippen molar-refractivity contribution in [2.24, 2.45) is 5.92 Å². The Morgan fingerprint density at radius 2 is 2.05 bits per heavy atom. The molecule has 1 fully saturated rings. The van der Waals surface area contributed by atoms with Crippen LogP contribution in [0.5, 0.6) is 0 Å². The molecule has 1 saturated heterocycles. The molecule has 1 unspecified atom stereocenters. The normalized spacial score (nSPS) is 18.0. The van der Waals surface area contributed by atoms with Crippen LogP contribution in [0, 0.1) is 5.92 Å². The minimum atomic E-state index is -0.318. The summed E-state index contributed by atoms with van der Waals surface area (Å²) in [5.74, 6) is 1.31. The standard InChI is InChI=1S/C17H23NO3S/c1-21-17(20)10-9-16(19)18-11-5-6-14(12-18)13-22-15-7-3-2-4-8-15/h2-4,7-8,14H,5-6,9-13H2,1H3. The van der Waals surface area contributed by atoms with E-state index in [9.17, 15) is 9.59 Å². The molecule has 1 aromatic rings. The van der Waals surface area contributed by atoms with Gasteiger partial charge in [-0.2, -0.15) is 0 Å². The summed E-state index contributed by atoms with van der Waals surface area (Å²) in [6, 6.07) is 10.4. The third-order valence-electron chi connectivity index (χ3n) is 3.87. The van der Waals surface area contributed by atoms with Gasteiger partial charge >= 0.3 is 5.97 Å². The summed E-state index contributed by atoms with van der Waals surface area (Å²) in [5.41, 5.74) is 0. The van der Waals surface area contributed by atoms with Crippen LogP contribution >= 0.6 is 11.8 Å². The fourth-order valence-electron chi connectivity index (χ4n) is 2.63. The highest BCUT2D eigenvalue weighted by Crippen LogP contribution is 2.26. The first kappa shape index (κ1) is 16.9. The summed E-state index contributed by atoms with van der Waals surface area (Å²) in [7, 11) is 1.35. The highest BCUT2D eigenvalue weighted by molar-refractivity contribution is 7.99. The Hall–Kier alpha value is -1.49. The van der Waals surface area contributed by atoms with Gasteiger partial charge in [-0.3, -0.25) is 9.59 Å². The number of nitrogens with zero attached hydrogens (tertiary/aromatic N) is 1. The predicted octanol–water partition coefficient (Wildman–Crippen LogP) is 2.97. The summed E-state index contributed by atoms with van der Waals surface area (Å²) in [4.78, 5) is 26.5. The topological polar surface area (TPSA) is 46.6 Å². The van der Waals surface area contributed by atoms with E-state index >= 15 is 0 Å². The molecule has 1 amide bonds. The van der Waals surface area contributed by atoms with Gasteiger partial charge in [-0.05, 0) is 30.9 Å². The van der Waals surface area contributed by atoms with Crippen LogP contribution in [0.4, 0.5) is 0 Å². The largest absolute Gasteiger partial charge is 0.469 e. The average Bonchev–Trinajstić information content (AvgIpc) is 2.58. The first-order valence-corrected chi connectivity index (χ1v) is 8.70. The lowest BCUT2D eigenvalue weighted by Gasteiger charge is -2.32. The fraction of sp³-hybridized carbons (Fsp3) is 0.529. The fourth-order valence-corrected chi connectivity index (χ4v) is 3.68. The number of piperidine rings is 1. The van der Waals surface area contributed by atoms with Crippen LogP contribution in [-0.4, -0.2) is 42.7 Å². The maximum absolute atomic E-state index is 12.1. The van der Waals surface area contributed by atoms with E-state index in [1.54, 1.807) is 0 Å². The minimum Gasteiger partial charge on any atom is -0.469 e. The van der Waals surface area contributed by atoms with E-state index in [-0.39, 0.29) is 24.7 Å². The molecule has 2 rings (SSSR count). The van der Waals surface area contributed by atoms with Crippen molar-refractivity contribution in [2.45, 2.75) is 30.6 Å². The zero-order chi connectivity index (χ0) is 15.8. The SMILES string of the molecule is COC(=O)CCC(=O)N1CCCC(CSc2ccccc2)C1. The Bertz CT molecular complexity index is 492. The van der Waals surface area contributed by atoms with E-state index < -0.39 is 0 Å². The second-order valence-corrected chi connectivity index (χ2v) is 6.64. The summed E-state index contributed by atoms with van der Waals surface area (Å²) in [6.07, 6.45) is 2.64. The molecule has 22 heavy (non-hydrogen) atoms. The molecule has 120 valence electrons. The molecule has 1 aliphatic heterocycles. The van der Waals surface area contributed by atoms with Crippen molar-refractivity contribution in [1.29, 1.82) is 0 Å². The van der Waals surface area contributed by atoms with Crippen LogP contribution < -0.4 is 0 Å². The van der Waals surface area contributed by atoms with Gasteiger partial charge in [-0.1, -0.05) is 18.2 Å². The number of hydrogen-bond acceptors (Lipinski definition) is 4. The van der Waals surface area contributed by atoms with Crippen molar-refractivity contribution in [1.82, 2.24) is 4.90 Å². The van der Waals surface area contributed by atoms with Crippen LogP contribution in [0.25, 0.3) is 0 Å². The molecule has 4 nitrogen and oxygen atoms in total. The van der Waals surface area contributed by atoms with E-state index in [4.69, 9.17) is 0 Å². The van der Waals surface area contributed by atoms with Gasteiger partial charge in [0, 0.05) is 30.2 Å². The number of carbonyl (C=O) groups excluding carboxylic acids is 2. The van der Waals surface area contributed by atoms with Crippen molar-refractivity contribution >= 4 is 23.6 Å². The van der Waals surface area contributed by atoms with Crippen molar-refractivity contribution < 1.29 is 14.3 Å². The molecule has 0 saturated carbocycles. The number of methoxy groups -OCH3 is 1. The van der Waals surface area contributed by atoms with Gasteiger partial charge in [0.2, 0.25) is 5.91 Å². The molecule has 0 N–H and O–H groups in total. The van der Waals surface area contributed by atoms with Gasteiger partial charge in [0.05, 0.1) is 13.5 Å². The number of ether oxygens (including phenoxy) is 1. The Morgan fingerprint density at radius 3 is 2.77 bits per heavy atom. The highest BCUT2D eigenvalue weighted by Gasteiger charge is 2.24. The molecular weight excluding hydrogens is 298 g/mol. The molecule has 0 aromatic heterocycles. The maximum Gasteiger partial charge on any atom is 0.306 e. The van der Waals surface area contributed by atoms with Crippen LogP contribution in [0.1, 0.15) is 25.7 Å². The van der Waals surface area contributed by atoms with Crippen LogP contribution in [-0.2, 0) is 14.3 Å². The molecule has 1 aliphatic rings. The summed E-state index contributed by atoms with van der Waals surface area (Å²) in [5, 5.41) is 0. The smallest absolute Gasteiger partial charge is 0.306 e. The van der Waals surface area contributed by atoms with Crippen LogP contribution in [0.3, 0.4) is 0 Å². The predicted molar refractivity (Wildman–Crippen MR) is 87.7 cm³/mol. The monoisotopic (exact) mass is 321 g/mol. The third-order valence-corrected chi connectivity index (χ3v) is 5.11. The average molecular weight is 321 g/mol. The number of hydrogen-bond donors (Lipinski definition) is 0. The van der Waals surface area contributed by atoms with Crippen molar-refractivity contribution in [3.05, 3.63) is 30.3 Å². The first-order chi connectivity index (χ1) is 10.7. The number of thioether (sulfide) groups is 1. The Balaban J connectivity index is 1.76. The van der Waals surface area contributed by atoms with E-state index in [0.29, 0.717) is 5.92 Å². The number of esters is 1. The quantitative estimate of drug-likeness (QED) is 0.597. The molecular formula is C17H23NO3S. The molecule has 0 bridgehead atoms. The lowest BCUT2D eigenvalue weighted by Crippen LogP contribution is -2.40. The lowest BCUT2D eigenvalue weighted by molar-refractivity contribution is -0.144. The first-order valence-electron chi connectivity index (χ1n) is 7.71. The van der Waals surface area contributed by atoms with Gasteiger partial charge in [0.15, 0.2) is 0 Å². The second kappa shape index (κ2) is 8.83. The zero-order valence-electron chi connectivity index (χ0n) is 13.0. The number of carbonyl (C=O) groups is 2. The number of rotatable bonds is 6. The van der Waals surface area contributed by atoms with Crippen molar-refractivity contribution in [3.63, 3.8) is 0 Å². The Morgan fingerprint density at radius 1 is 1.27 bits per heavy atom. The molecule has 1 heterocycles. The molecule has 0 spiro atoms. The van der Waals surface area contributed by atoms with Gasteiger partial charge in [-0.15, -0.1) is 11.8 Å². The third kappa shape index (κ3) is 5.37. The zero-order valence-corrected chi connectivity index (χ0v) is 13.8. The molecule has 0 aliphatic carbocycles. The maximum atomic E-state index is 12.1. The molecule has 1 aromatic carbocycles. The van der Waals surface area contributed by atoms with Gasteiger partial charge in [0.1, 0.15) is 0 Å². The number of amides is 1. The van der Waals surface area contributed by atoms with Crippen molar-refractivity contribution in [2.75, 3.05) is 26.0 Å². The summed E-state index contributed by atoms with van der Waals surface area (Å²) < 4.78 is 4.58. The molecule has 1 atom stereocenters. The van der Waals surface area contributed by atoms with Gasteiger partial charge < -0.3 is 9.64 Å². The highest BCUT2D eigenvalue weighted by atomic mass is 32.2. The van der Waals surface area contributed by atoms with Crippen LogP contribution in [0.2, 0.25) is 0 Å². The molecule has 0 radical (unpaired) electrons. The lowest BCUT2D eigenvalue weighted by atomic mass is 9.99. The van der Waals surface area contributed by atoms with E-state index in [2.05, 4.69) is 16.9 Å². The Labute approximate surface area is 136 Å². The van der Waals surface area contributed by atoms with E-state index in [1.165, 1.54) is 18.4 Å². The van der Waals surface area contributed by atoms with Gasteiger partial charge in [0.25, 0.3) is 0 Å². The van der Waals surface area contributed by atoms with Gasteiger partial charge in [-0.25, -0.2) is 0 Å². The second-order valence-electron chi connectivity index (χ2n) is 5.55. The number of likely N-dealkylation sites (tertiary alicyclic amines) is 1. The van der Waals surface area contributed by atoms with E-state index in [0.717, 1.165) is 25.3 Å².